The van der Waals surface area contributed by atoms with Crippen LogP contribution in [0.3, 0.4) is 0 Å². The van der Waals surface area contributed by atoms with Gasteiger partial charge in [0.1, 0.15) is 5.82 Å². The number of anilines is 1. The number of aromatic nitrogens is 2. The van der Waals surface area contributed by atoms with Crippen molar-refractivity contribution in [1.82, 2.24) is 9.55 Å². The predicted molar refractivity (Wildman–Crippen MR) is 68.6 cm³/mol. The van der Waals surface area contributed by atoms with E-state index in [-0.39, 0.29) is 0 Å². The molecule has 1 aromatic heterocycles. The maximum Gasteiger partial charge on any atom is 0.106 e. The van der Waals surface area contributed by atoms with E-state index in [0.717, 1.165) is 34.5 Å². The SMILES string of the molecule is CC[C@@H](C)n1c(C)nc2cc(C)c(N)cc21. The minimum absolute atomic E-state index is 0.465. The zero-order chi connectivity index (χ0) is 11.9. The molecule has 0 amide bonds. The van der Waals surface area contributed by atoms with Gasteiger partial charge in [0.15, 0.2) is 0 Å². The van der Waals surface area contributed by atoms with Gasteiger partial charge in [-0.05, 0) is 44.9 Å². The van der Waals surface area contributed by atoms with Crippen LogP contribution in [0.1, 0.15) is 37.7 Å². The van der Waals surface area contributed by atoms with Crippen LogP contribution in [0.4, 0.5) is 5.69 Å². The first-order valence-electron chi connectivity index (χ1n) is 5.79. The van der Waals surface area contributed by atoms with Crippen molar-refractivity contribution in [2.75, 3.05) is 5.73 Å². The fraction of sp³-hybridized carbons (Fsp3) is 0.462. The van der Waals surface area contributed by atoms with Crippen LogP contribution in [-0.4, -0.2) is 9.55 Å². The maximum atomic E-state index is 5.96. The zero-order valence-corrected chi connectivity index (χ0v) is 10.4. The lowest BCUT2D eigenvalue weighted by Crippen LogP contribution is -2.05. The standard InChI is InChI=1S/C13H19N3/c1-5-9(3)16-10(4)15-12-6-8(2)11(14)7-13(12)16/h6-7,9H,5,14H2,1-4H3/t9-/m1/s1. The van der Waals surface area contributed by atoms with Crippen LogP contribution in [0.5, 0.6) is 0 Å². The summed E-state index contributed by atoms with van der Waals surface area (Å²) < 4.78 is 2.27. The second-order valence-electron chi connectivity index (χ2n) is 4.48. The summed E-state index contributed by atoms with van der Waals surface area (Å²) in [5.41, 5.74) is 10.1. The van der Waals surface area contributed by atoms with E-state index in [9.17, 15) is 0 Å². The van der Waals surface area contributed by atoms with Crippen molar-refractivity contribution in [1.29, 1.82) is 0 Å². The van der Waals surface area contributed by atoms with Crippen molar-refractivity contribution in [3.05, 3.63) is 23.5 Å². The maximum absolute atomic E-state index is 5.96. The van der Waals surface area contributed by atoms with E-state index in [0.29, 0.717) is 6.04 Å². The van der Waals surface area contributed by atoms with Crippen LogP contribution in [0.15, 0.2) is 12.1 Å². The van der Waals surface area contributed by atoms with Gasteiger partial charge in [-0.15, -0.1) is 0 Å². The Balaban J connectivity index is 2.73. The van der Waals surface area contributed by atoms with Crippen molar-refractivity contribution < 1.29 is 0 Å². The average molecular weight is 217 g/mol. The van der Waals surface area contributed by atoms with Gasteiger partial charge in [-0.3, -0.25) is 0 Å². The van der Waals surface area contributed by atoms with Crippen LogP contribution < -0.4 is 5.73 Å². The fourth-order valence-corrected chi connectivity index (χ4v) is 2.12. The Labute approximate surface area is 96.3 Å². The number of nitrogens with two attached hydrogens (primary N) is 1. The quantitative estimate of drug-likeness (QED) is 0.785. The van der Waals surface area contributed by atoms with Gasteiger partial charge in [0, 0.05) is 11.7 Å². The topological polar surface area (TPSA) is 43.8 Å². The summed E-state index contributed by atoms with van der Waals surface area (Å²) in [6.45, 7) is 8.47. The highest BCUT2D eigenvalue weighted by Gasteiger charge is 2.12. The molecule has 0 saturated heterocycles. The van der Waals surface area contributed by atoms with E-state index in [1.807, 2.05) is 13.0 Å². The number of benzene rings is 1. The van der Waals surface area contributed by atoms with Gasteiger partial charge in [-0.1, -0.05) is 6.92 Å². The van der Waals surface area contributed by atoms with E-state index in [4.69, 9.17) is 5.73 Å². The van der Waals surface area contributed by atoms with E-state index in [1.54, 1.807) is 0 Å². The summed E-state index contributed by atoms with van der Waals surface area (Å²) in [4.78, 5) is 4.59. The van der Waals surface area contributed by atoms with Crippen molar-refractivity contribution in [2.45, 2.75) is 40.2 Å². The number of hydrogen-bond donors (Lipinski definition) is 1. The molecule has 0 fully saturated rings. The van der Waals surface area contributed by atoms with Crippen molar-refractivity contribution >= 4 is 16.7 Å². The first-order chi connectivity index (χ1) is 7.54. The largest absolute Gasteiger partial charge is 0.398 e. The molecule has 1 aromatic carbocycles. The molecule has 3 heteroatoms. The molecule has 0 saturated carbocycles. The Bertz CT molecular complexity index is 525. The normalized spacial score (nSPS) is 13.2. The smallest absolute Gasteiger partial charge is 0.106 e. The number of aryl methyl sites for hydroxylation is 2. The molecule has 0 aliphatic carbocycles. The van der Waals surface area contributed by atoms with Crippen molar-refractivity contribution in [3.8, 4) is 0 Å². The fourth-order valence-electron chi connectivity index (χ4n) is 2.12. The van der Waals surface area contributed by atoms with Crippen LogP contribution in [0, 0.1) is 13.8 Å². The number of nitrogens with zero attached hydrogens (tertiary/aromatic N) is 2. The van der Waals surface area contributed by atoms with Gasteiger partial charge < -0.3 is 10.3 Å². The molecule has 0 aliphatic rings. The highest BCUT2D eigenvalue weighted by atomic mass is 15.1. The number of hydrogen-bond acceptors (Lipinski definition) is 2. The molecule has 0 unspecified atom stereocenters. The first-order valence-corrected chi connectivity index (χ1v) is 5.79. The molecule has 3 nitrogen and oxygen atoms in total. The number of imidazole rings is 1. The molecule has 16 heavy (non-hydrogen) atoms. The highest BCUT2D eigenvalue weighted by molar-refractivity contribution is 5.81. The van der Waals surface area contributed by atoms with Crippen LogP contribution in [-0.2, 0) is 0 Å². The zero-order valence-electron chi connectivity index (χ0n) is 10.4. The molecular formula is C13H19N3. The molecule has 0 aliphatic heterocycles. The van der Waals surface area contributed by atoms with Crippen molar-refractivity contribution in [3.63, 3.8) is 0 Å². The van der Waals surface area contributed by atoms with Gasteiger partial charge in [-0.2, -0.15) is 0 Å². The van der Waals surface area contributed by atoms with Gasteiger partial charge in [-0.25, -0.2) is 4.98 Å². The highest BCUT2D eigenvalue weighted by Crippen LogP contribution is 2.26. The van der Waals surface area contributed by atoms with Crippen LogP contribution >= 0.6 is 0 Å². The lowest BCUT2D eigenvalue weighted by atomic mass is 10.1. The summed E-state index contributed by atoms with van der Waals surface area (Å²) in [6.07, 6.45) is 1.10. The molecule has 1 heterocycles. The van der Waals surface area contributed by atoms with Crippen molar-refractivity contribution in [2.24, 2.45) is 0 Å². The monoisotopic (exact) mass is 217 g/mol. The second kappa shape index (κ2) is 3.81. The molecule has 86 valence electrons. The van der Waals surface area contributed by atoms with E-state index in [2.05, 4.69) is 36.4 Å². The molecule has 0 radical (unpaired) electrons. The number of nitrogen functional groups attached to an aromatic ring is 1. The summed E-state index contributed by atoms with van der Waals surface area (Å²) in [5.74, 6) is 1.06. The molecule has 0 bridgehead atoms. The van der Waals surface area contributed by atoms with E-state index in [1.165, 1.54) is 0 Å². The Kier molecular flexibility index (Phi) is 2.62. The molecule has 2 rings (SSSR count). The Morgan fingerprint density at radius 2 is 2.06 bits per heavy atom. The Morgan fingerprint density at radius 3 is 2.69 bits per heavy atom. The van der Waals surface area contributed by atoms with Gasteiger partial charge in [0.25, 0.3) is 0 Å². The Morgan fingerprint density at radius 1 is 1.38 bits per heavy atom. The predicted octanol–water partition coefficient (Wildman–Crippen LogP) is 3.21. The summed E-state index contributed by atoms with van der Waals surface area (Å²) >= 11 is 0. The van der Waals surface area contributed by atoms with Crippen LogP contribution in [0.25, 0.3) is 11.0 Å². The first kappa shape index (κ1) is 11.0. The van der Waals surface area contributed by atoms with Gasteiger partial charge in [0.2, 0.25) is 0 Å². The molecule has 2 N–H and O–H groups in total. The lowest BCUT2D eigenvalue weighted by Gasteiger charge is -2.14. The Hall–Kier alpha value is -1.51. The van der Waals surface area contributed by atoms with E-state index < -0.39 is 0 Å². The number of fused-ring (bicyclic) bond motifs is 1. The third-order valence-electron chi connectivity index (χ3n) is 3.29. The van der Waals surface area contributed by atoms with Gasteiger partial charge in [0.05, 0.1) is 11.0 Å². The lowest BCUT2D eigenvalue weighted by molar-refractivity contribution is 0.532. The molecule has 0 spiro atoms. The van der Waals surface area contributed by atoms with Gasteiger partial charge >= 0.3 is 0 Å². The molecule has 1 atom stereocenters. The van der Waals surface area contributed by atoms with Crippen LogP contribution in [0.2, 0.25) is 0 Å². The molecular weight excluding hydrogens is 198 g/mol. The minimum Gasteiger partial charge on any atom is -0.398 e. The van der Waals surface area contributed by atoms with E-state index >= 15 is 0 Å². The summed E-state index contributed by atoms with van der Waals surface area (Å²) in [5, 5.41) is 0. The third-order valence-corrected chi connectivity index (χ3v) is 3.29. The number of rotatable bonds is 2. The molecule has 2 aromatic rings. The average Bonchev–Trinajstić information content (AvgIpc) is 2.54. The minimum atomic E-state index is 0.465. The summed E-state index contributed by atoms with van der Waals surface area (Å²) in [6, 6.07) is 4.57. The summed E-state index contributed by atoms with van der Waals surface area (Å²) in [7, 11) is 0. The second-order valence-corrected chi connectivity index (χ2v) is 4.48. The third kappa shape index (κ3) is 1.56.